The number of hydrogen-bond donors (Lipinski definition) is 0. The van der Waals surface area contributed by atoms with Gasteiger partial charge in [-0.25, -0.2) is 4.98 Å². The molecule has 17 heavy (non-hydrogen) atoms. The molecule has 2 aromatic rings. The van der Waals surface area contributed by atoms with E-state index >= 15 is 0 Å². The molecular formula is C9H7Cl2N3O2S. The molecule has 0 N–H and O–H groups in total. The first-order valence-electron chi connectivity index (χ1n) is 4.49. The second kappa shape index (κ2) is 4.29. The van der Waals surface area contributed by atoms with Crippen molar-refractivity contribution in [2.75, 3.05) is 0 Å². The van der Waals surface area contributed by atoms with Crippen molar-refractivity contribution in [3.8, 4) is 0 Å². The Bertz CT molecular complexity index is 653. The lowest BCUT2D eigenvalue weighted by molar-refractivity contribution is 0.579. The van der Waals surface area contributed by atoms with E-state index in [1.54, 1.807) is 6.92 Å². The third kappa shape index (κ3) is 2.15. The van der Waals surface area contributed by atoms with Crippen molar-refractivity contribution in [2.24, 2.45) is 0 Å². The molecule has 0 aliphatic carbocycles. The van der Waals surface area contributed by atoms with Gasteiger partial charge in [-0.15, -0.1) is 9.19 Å². The molecule has 0 aliphatic rings. The second-order valence-corrected chi connectivity index (χ2v) is 5.88. The average Bonchev–Trinajstić information content (AvgIpc) is 2.77. The Morgan fingerprint density at radius 3 is 2.47 bits per heavy atom. The predicted octanol–water partition coefficient (Wildman–Crippen LogP) is 2.13. The summed E-state index contributed by atoms with van der Waals surface area (Å²) in [7, 11) is -3.77. The standard InChI is InChI=1S/C9H7Cl2N3O2S/c1-6-2-7(10)8(11)3-9(6)17(15,16)14-5-12-4-13-14/h2-5H,1H3. The molecule has 0 saturated carbocycles. The summed E-state index contributed by atoms with van der Waals surface area (Å²) in [5, 5.41) is 4.08. The lowest BCUT2D eigenvalue weighted by atomic mass is 10.2. The van der Waals surface area contributed by atoms with E-state index in [9.17, 15) is 8.42 Å². The van der Waals surface area contributed by atoms with Crippen molar-refractivity contribution >= 4 is 33.2 Å². The van der Waals surface area contributed by atoms with Gasteiger partial charge in [-0.3, -0.25) is 0 Å². The van der Waals surface area contributed by atoms with Crippen LogP contribution in [-0.4, -0.2) is 22.6 Å². The van der Waals surface area contributed by atoms with Crippen LogP contribution >= 0.6 is 23.2 Å². The maximum absolute atomic E-state index is 12.1. The molecule has 0 atom stereocenters. The minimum Gasteiger partial charge on any atom is -0.222 e. The third-order valence-corrected chi connectivity index (χ3v) is 4.54. The number of benzene rings is 1. The average molecular weight is 292 g/mol. The first-order valence-corrected chi connectivity index (χ1v) is 6.68. The molecule has 1 aromatic heterocycles. The fourth-order valence-corrected chi connectivity index (χ4v) is 3.05. The zero-order valence-electron chi connectivity index (χ0n) is 8.63. The fraction of sp³-hybridized carbons (Fsp3) is 0.111. The Balaban J connectivity index is 2.67. The van der Waals surface area contributed by atoms with Crippen LogP contribution in [0.4, 0.5) is 0 Å². The highest BCUT2D eigenvalue weighted by Gasteiger charge is 2.21. The van der Waals surface area contributed by atoms with Gasteiger partial charge in [-0.05, 0) is 24.6 Å². The van der Waals surface area contributed by atoms with Gasteiger partial charge >= 0.3 is 0 Å². The molecular weight excluding hydrogens is 285 g/mol. The van der Waals surface area contributed by atoms with Crippen LogP contribution in [0.3, 0.4) is 0 Å². The molecule has 0 bridgehead atoms. The number of nitrogens with zero attached hydrogens (tertiary/aromatic N) is 3. The molecule has 0 saturated heterocycles. The highest BCUT2D eigenvalue weighted by atomic mass is 35.5. The highest BCUT2D eigenvalue weighted by molar-refractivity contribution is 7.89. The molecule has 0 unspecified atom stereocenters. The Kier molecular flexibility index (Phi) is 3.11. The van der Waals surface area contributed by atoms with Gasteiger partial charge in [0.05, 0.1) is 14.9 Å². The number of rotatable bonds is 2. The van der Waals surface area contributed by atoms with Crippen molar-refractivity contribution < 1.29 is 8.42 Å². The van der Waals surface area contributed by atoms with Crippen LogP contribution in [0.15, 0.2) is 29.7 Å². The molecule has 0 aliphatic heterocycles. The van der Waals surface area contributed by atoms with Crippen LogP contribution < -0.4 is 0 Å². The van der Waals surface area contributed by atoms with E-state index in [2.05, 4.69) is 10.1 Å². The van der Waals surface area contributed by atoms with E-state index in [1.807, 2.05) is 0 Å². The van der Waals surface area contributed by atoms with E-state index in [4.69, 9.17) is 23.2 Å². The topological polar surface area (TPSA) is 64.8 Å². The van der Waals surface area contributed by atoms with Crippen LogP contribution in [0.2, 0.25) is 10.0 Å². The monoisotopic (exact) mass is 291 g/mol. The normalized spacial score (nSPS) is 11.7. The van der Waals surface area contributed by atoms with Gasteiger partial charge in [0.15, 0.2) is 0 Å². The summed E-state index contributed by atoms with van der Waals surface area (Å²) in [6, 6.07) is 2.80. The lowest BCUT2D eigenvalue weighted by Crippen LogP contribution is -2.14. The first kappa shape index (κ1) is 12.3. The summed E-state index contributed by atoms with van der Waals surface area (Å²) in [5.41, 5.74) is 0.495. The van der Waals surface area contributed by atoms with Gasteiger partial charge < -0.3 is 0 Å². The molecule has 1 heterocycles. The summed E-state index contributed by atoms with van der Waals surface area (Å²) < 4.78 is 25.1. The Labute approximate surface area is 108 Å². The van der Waals surface area contributed by atoms with E-state index in [1.165, 1.54) is 12.1 Å². The smallest absolute Gasteiger partial charge is 0.222 e. The van der Waals surface area contributed by atoms with Crippen molar-refractivity contribution in [3.05, 3.63) is 40.4 Å². The van der Waals surface area contributed by atoms with E-state index in [-0.39, 0.29) is 9.92 Å². The van der Waals surface area contributed by atoms with Crippen LogP contribution in [0.1, 0.15) is 5.56 Å². The number of aryl methyl sites for hydroxylation is 1. The van der Waals surface area contributed by atoms with E-state index in [0.29, 0.717) is 10.6 Å². The fourth-order valence-electron chi connectivity index (χ4n) is 1.33. The van der Waals surface area contributed by atoms with Gasteiger partial charge in [0.1, 0.15) is 12.7 Å². The van der Waals surface area contributed by atoms with Gasteiger partial charge in [-0.1, -0.05) is 23.2 Å². The molecule has 0 radical (unpaired) electrons. The molecule has 0 fully saturated rings. The lowest BCUT2D eigenvalue weighted by Gasteiger charge is -2.08. The van der Waals surface area contributed by atoms with Gasteiger partial charge in [0, 0.05) is 0 Å². The van der Waals surface area contributed by atoms with E-state index < -0.39 is 10.0 Å². The molecule has 5 nitrogen and oxygen atoms in total. The maximum atomic E-state index is 12.1. The minimum absolute atomic E-state index is 0.0531. The Morgan fingerprint density at radius 1 is 1.24 bits per heavy atom. The second-order valence-electron chi connectivity index (χ2n) is 3.30. The summed E-state index contributed by atoms with van der Waals surface area (Å²) in [6.45, 7) is 1.63. The maximum Gasteiger partial charge on any atom is 0.284 e. The number of aromatic nitrogens is 3. The zero-order chi connectivity index (χ0) is 12.6. The van der Waals surface area contributed by atoms with Crippen molar-refractivity contribution in [1.29, 1.82) is 0 Å². The minimum atomic E-state index is -3.77. The zero-order valence-corrected chi connectivity index (χ0v) is 11.0. The van der Waals surface area contributed by atoms with Crippen LogP contribution in [0, 0.1) is 6.92 Å². The Hall–Kier alpha value is -1.11. The first-order chi connectivity index (χ1) is 7.93. The molecule has 0 amide bonds. The predicted molar refractivity (Wildman–Crippen MR) is 63.8 cm³/mol. The largest absolute Gasteiger partial charge is 0.284 e. The third-order valence-electron chi connectivity index (χ3n) is 2.14. The highest BCUT2D eigenvalue weighted by Crippen LogP contribution is 2.28. The molecule has 90 valence electrons. The molecule has 8 heteroatoms. The summed E-state index contributed by atoms with van der Waals surface area (Å²) in [4.78, 5) is 3.65. The molecule has 0 spiro atoms. The molecule has 2 rings (SSSR count). The van der Waals surface area contributed by atoms with E-state index in [0.717, 1.165) is 16.7 Å². The quantitative estimate of drug-likeness (QED) is 0.850. The van der Waals surface area contributed by atoms with Gasteiger partial charge in [-0.2, -0.15) is 8.42 Å². The summed E-state index contributed by atoms with van der Waals surface area (Å²) in [6.07, 6.45) is 2.25. The SMILES string of the molecule is Cc1cc(Cl)c(Cl)cc1S(=O)(=O)n1cncn1. The number of hydrogen-bond acceptors (Lipinski definition) is 4. The van der Waals surface area contributed by atoms with Gasteiger partial charge in [0.2, 0.25) is 0 Å². The van der Waals surface area contributed by atoms with Crippen LogP contribution in [0.5, 0.6) is 0 Å². The summed E-state index contributed by atoms with van der Waals surface area (Å²) >= 11 is 11.6. The molecule has 1 aromatic carbocycles. The number of halogens is 2. The summed E-state index contributed by atoms with van der Waals surface area (Å²) in [5.74, 6) is 0. The van der Waals surface area contributed by atoms with Crippen LogP contribution in [0.25, 0.3) is 0 Å². The van der Waals surface area contributed by atoms with Crippen molar-refractivity contribution in [3.63, 3.8) is 0 Å². The van der Waals surface area contributed by atoms with Crippen molar-refractivity contribution in [2.45, 2.75) is 11.8 Å². The van der Waals surface area contributed by atoms with Crippen LogP contribution in [-0.2, 0) is 10.0 Å². The van der Waals surface area contributed by atoms with Crippen molar-refractivity contribution in [1.82, 2.24) is 14.2 Å². The van der Waals surface area contributed by atoms with Gasteiger partial charge in [0.25, 0.3) is 10.0 Å². The Morgan fingerprint density at radius 2 is 1.88 bits per heavy atom.